The van der Waals surface area contributed by atoms with Gasteiger partial charge in [0.15, 0.2) is 0 Å². The van der Waals surface area contributed by atoms with Crippen molar-refractivity contribution in [2.45, 2.75) is 57.5 Å². The third-order valence-corrected chi connectivity index (χ3v) is 4.82. The Kier molecular flexibility index (Phi) is 4.13. The molecular formula is C18H28N2. The number of hydrogen-bond donors (Lipinski definition) is 1. The molecule has 0 heterocycles. The number of nitrogens with two attached hydrogens (primary N) is 1. The summed E-state index contributed by atoms with van der Waals surface area (Å²) < 4.78 is 0. The molecule has 0 radical (unpaired) electrons. The molecule has 2 heteroatoms. The van der Waals surface area contributed by atoms with Crippen molar-refractivity contribution in [3.8, 4) is 0 Å². The Balaban J connectivity index is 1.75. The monoisotopic (exact) mass is 272 g/mol. The van der Waals surface area contributed by atoms with Gasteiger partial charge in [-0.2, -0.15) is 0 Å². The Hall–Kier alpha value is -0.860. The second-order valence-corrected chi connectivity index (χ2v) is 6.93. The molecule has 0 saturated heterocycles. The highest BCUT2D eigenvalue weighted by Crippen LogP contribution is 2.40. The highest BCUT2D eigenvalue weighted by atomic mass is 15.2. The SMILES string of the molecule is CC(C)N(CC1CC1)C(CN)c1ccc(C2CC2)cc1. The first-order valence-corrected chi connectivity index (χ1v) is 8.24. The summed E-state index contributed by atoms with van der Waals surface area (Å²) in [5.74, 6) is 1.75. The topological polar surface area (TPSA) is 29.3 Å². The molecule has 3 rings (SSSR count). The molecule has 0 amide bonds. The lowest BCUT2D eigenvalue weighted by Crippen LogP contribution is -2.40. The quantitative estimate of drug-likeness (QED) is 0.820. The van der Waals surface area contributed by atoms with Crippen LogP contribution in [0.4, 0.5) is 0 Å². The Labute approximate surface area is 123 Å². The van der Waals surface area contributed by atoms with Gasteiger partial charge in [-0.05, 0) is 62.5 Å². The van der Waals surface area contributed by atoms with E-state index in [0.717, 1.165) is 11.8 Å². The molecule has 1 atom stereocenters. The van der Waals surface area contributed by atoms with Crippen molar-refractivity contribution in [2.75, 3.05) is 13.1 Å². The van der Waals surface area contributed by atoms with Crippen LogP contribution in [-0.2, 0) is 0 Å². The summed E-state index contributed by atoms with van der Waals surface area (Å²) in [4.78, 5) is 2.60. The molecule has 2 aliphatic carbocycles. The number of benzene rings is 1. The van der Waals surface area contributed by atoms with Crippen molar-refractivity contribution in [1.29, 1.82) is 0 Å². The maximum absolute atomic E-state index is 6.11. The third kappa shape index (κ3) is 3.24. The van der Waals surface area contributed by atoms with E-state index in [1.807, 2.05) is 0 Å². The lowest BCUT2D eigenvalue weighted by molar-refractivity contribution is 0.149. The molecule has 2 aliphatic rings. The Morgan fingerprint density at radius 2 is 1.75 bits per heavy atom. The van der Waals surface area contributed by atoms with Gasteiger partial charge in [0, 0.05) is 25.2 Å². The van der Waals surface area contributed by atoms with Crippen LogP contribution < -0.4 is 5.73 Å². The van der Waals surface area contributed by atoms with E-state index in [1.165, 1.54) is 43.4 Å². The molecule has 0 bridgehead atoms. The van der Waals surface area contributed by atoms with Gasteiger partial charge in [0.1, 0.15) is 0 Å². The van der Waals surface area contributed by atoms with Crippen molar-refractivity contribution in [3.63, 3.8) is 0 Å². The predicted molar refractivity (Wildman–Crippen MR) is 84.8 cm³/mol. The maximum atomic E-state index is 6.11. The van der Waals surface area contributed by atoms with Crippen LogP contribution in [0.15, 0.2) is 24.3 Å². The lowest BCUT2D eigenvalue weighted by atomic mass is 10.0. The van der Waals surface area contributed by atoms with Crippen LogP contribution in [0, 0.1) is 5.92 Å². The van der Waals surface area contributed by atoms with Gasteiger partial charge in [-0.3, -0.25) is 4.90 Å². The summed E-state index contributed by atoms with van der Waals surface area (Å²) in [6.45, 7) is 6.52. The first-order chi connectivity index (χ1) is 9.69. The van der Waals surface area contributed by atoms with Gasteiger partial charge in [-0.25, -0.2) is 0 Å². The van der Waals surface area contributed by atoms with Crippen molar-refractivity contribution < 1.29 is 0 Å². The maximum Gasteiger partial charge on any atom is 0.0473 e. The fourth-order valence-electron chi connectivity index (χ4n) is 3.17. The van der Waals surface area contributed by atoms with E-state index in [9.17, 15) is 0 Å². The average molecular weight is 272 g/mol. The van der Waals surface area contributed by atoms with Gasteiger partial charge < -0.3 is 5.73 Å². The zero-order valence-electron chi connectivity index (χ0n) is 12.9. The van der Waals surface area contributed by atoms with Crippen molar-refractivity contribution in [2.24, 2.45) is 11.7 Å². The van der Waals surface area contributed by atoms with E-state index in [0.29, 0.717) is 18.6 Å². The normalized spacial score (nSPS) is 20.6. The van der Waals surface area contributed by atoms with E-state index in [4.69, 9.17) is 5.73 Å². The molecule has 0 aromatic heterocycles. The largest absolute Gasteiger partial charge is 0.329 e. The molecule has 1 aromatic rings. The molecule has 2 N–H and O–H groups in total. The van der Waals surface area contributed by atoms with E-state index in [1.54, 1.807) is 0 Å². The number of nitrogens with zero attached hydrogens (tertiary/aromatic N) is 1. The Morgan fingerprint density at radius 3 is 2.20 bits per heavy atom. The summed E-state index contributed by atoms with van der Waals surface area (Å²) in [7, 11) is 0. The molecule has 0 aliphatic heterocycles. The molecule has 110 valence electrons. The smallest absolute Gasteiger partial charge is 0.0473 e. The zero-order valence-corrected chi connectivity index (χ0v) is 12.9. The molecule has 2 fully saturated rings. The second kappa shape index (κ2) is 5.87. The summed E-state index contributed by atoms with van der Waals surface area (Å²) in [6.07, 6.45) is 5.56. The first kappa shape index (κ1) is 14.1. The first-order valence-electron chi connectivity index (χ1n) is 8.24. The predicted octanol–water partition coefficient (Wildman–Crippen LogP) is 3.68. The Bertz CT molecular complexity index is 429. The molecule has 20 heavy (non-hydrogen) atoms. The standard InChI is InChI=1S/C18H28N2/c1-13(2)20(12-14-3-4-14)18(11-19)17-9-7-16(8-10-17)15-5-6-15/h7-10,13-15,18H,3-6,11-12,19H2,1-2H3. The zero-order chi connectivity index (χ0) is 14.1. The van der Waals surface area contributed by atoms with Gasteiger partial charge in [-0.1, -0.05) is 24.3 Å². The lowest BCUT2D eigenvalue weighted by Gasteiger charge is -2.35. The third-order valence-electron chi connectivity index (χ3n) is 4.82. The molecule has 1 unspecified atom stereocenters. The van der Waals surface area contributed by atoms with Crippen LogP contribution in [-0.4, -0.2) is 24.0 Å². The Morgan fingerprint density at radius 1 is 1.10 bits per heavy atom. The van der Waals surface area contributed by atoms with Crippen LogP contribution in [0.1, 0.15) is 62.6 Å². The van der Waals surface area contributed by atoms with Gasteiger partial charge in [0.25, 0.3) is 0 Å². The molecule has 2 nitrogen and oxygen atoms in total. The van der Waals surface area contributed by atoms with Gasteiger partial charge >= 0.3 is 0 Å². The summed E-state index contributed by atoms with van der Waals surface area (Å²) in [6, 6.07) is 10.2. The fourth-order valence-corrected chi connectivity index (χ4v) is 3.17. The van der Waals surface area contributed by atoms with E-state index in [2.05, 4.69) is 43.0 Å². The van der Waals surface area contributed by atoms with Crippen molar-refractivity contribution in [1.82, 2.24) is 4.90 Å². The second-order valence-electron chi connectivity index (χ2n) is 6.93. The molecular weight excluding hydrogens is 244 g/mol. The average Bonchev–Trinajstić information content (AvgIpc) is 3.32. The number of rotatable bonds is 7. The fraction of sp³-hybridized carbons (Fsp3) is 0.667. The minimum absolute atomic E-state index is 0.379. The minimum atomic E-state index is 0.379. The van der Waals surface area contributed by atoms with Crippen LogP contribution in [0.2, 0.25) is 0 Å². The van der Waals surface area contributed by atoms with E-state index >= 15 is 0 Å². The summed E-state index contributed by atoms with van der Waals surface area (Å²) in [5, 5.41) is 0. The van der Waals surface area contributed by atoms with Crippen LogP contribution in [0.5, 0.6) is 0 Å². The summed E-state index contributed by atoms with van der Waals surface area (Å²) >= 11 is 0. The highest BCUT2D eigenvalue weighted by molar-refractivity contribution is 5.30. The molecule has 0 spiro atoms. The van der Waals surface area contributed by atoms with Crippen LogP contribution in [0.25, 0.3) is 0 Å². The van der Waals surface area contributed by atoms with Crippen LogP contribution >= 0.6 is 0 Å². The molecule has 2 saturated carbocycles. The molecule has 1 aromatic carbocycles. The summed E-state index contributed by atoms with van der Waals surface area (Å²) in [5.41, 5.74) is 9.02. The van der Waals surface area contributed by atoms with E-state index in [-0.39, 0.29) is 0 Å². The van der Waals surface area contributed by atoms with Crippen molar-refractivity contribution in [3.05, 3.63) is 35.4 Å². The highest BCUT2D eigenvalue weighted by Gasteiger charge is 2.30. The van der Waals surface area contributed by atoms with Crippen molar-refractivity contribution >= 4 is 0 Å². The van der Waals surface area contributed by atoms with Gasteiger partial charge in [0.2, 0.25) is 0 Å². The number of hydrogen-bond acceptors (Lipinski definition) is 2. The van der Waals surface area contributed by atoms with Gasteiger partial charge in [-0.15, -0.1) is 0 Å². The minimum Gasteiger partial charge on any atom is -0.329 e. The van der Waals surface area contributed by atoms with E-state index < -0.39 is 0 Å². The van der Waals surface area contributed by atoms with Gasteiger partial charge in [0.05, 0.1) is 0 Å². The van der Waals surface area contributed by atoms with Crippen LogP contribution in [0.3, 0.4) is 0 Å².